The van der Waals surface area contributed by atoms with Crippen molar-refractivity contribution >= 4 is 27.8 Å². The molecule has 1 aromatic heterocycles. The summed E-state index contributed by atoms with van der Waals surface area (Å²) in [6.07, 6.45) is 6.18. The molecule has 1 fully saturated rings. The van der Waals surface area contributed by atoms with Gasteiger partial charge in [0.25, 0.3) is 0 Å². The van der Waals surface area contributed by atoms with E-state index in [0.717, 1.165) is 31.7 Å². The van der Waals surface area contributed by atoms with Crippen LogP contribution < -0.4 is 4.72 Å². The first-order valence-electron chi connectivity index (χ1n) is 6.68. The average molecular weight is 333 g/mol. The first-order valence-corrected chi connectivity index (χ1v) is 9.39. The molecule has 0 spiro atoms. The van der Waals surface area contributed by atoms with Gasteiger partial charge in [-0.25, -0.2) is 17.9 Å². The number of thioether (sulfide) groups is 1. The molecule has 1 aliphatic carbocycles. The molecule has 0 bridgehead atoms. The second-order valence-corrected chi connectivity index (χ2v) is 8.26. The second kappa shape index (κ2) is 6.02. The Morgan fingerprint density at radius 1 is 1.48 bits per heavy atom. The molecule has 6 nitrogen and oxygen atoms in total. The van der Waals surface area contributed by atoms with Crippen molar-refractivity contribution in [2.24, 2.45) is 0 Å². The fourth-order valence-corrected chi connectivity index (χ4v) is 4.92. The summed E-state index contributed by atoms with van der Waals surface area (Å²) in [7, 11) is -3.76. The van der Waals surface area contributed by atoms with E-state index in [1.54, 1.807) is 11.8 Å². The molecule has 21 heavy (non-hydrogen) atoms. The zero-order valence-corrected chi connectivity index (χ0v) is 13.6. The SMILES string of the molecule is CSC1(CNS(=O)(=O)c2cc(C(=O)O)oc2C)CCCC1. The number of rotatable bonds is 6. The van der Waals surface area contributed by atoms with E-state index in [0.29, 0.717) is 6.54 Å². The van der Waals surface area contributed by atoms with Crippen LogP contribution in [0, 0.1) is 6.92 Å². The molecule has 2 rings (SSSR count). The quantitative estimate of drug-likeness (QED) is 0.829. The molecule has 0 aliphatic heterocycles. The fraction of sp³-hybridized carbons (Fsp3) is 0.615. The van der Waals surface area contributed by atoms with Crippen LogP contribution in [0.3, 0.4) is 0 Å². The number of aryl methyl sites for hydroxylation is 1. The van der Waals surface area contributed by atoms with Crippen molar-refractivity contribution in [2.75, 3.05) is 12.8 Å². The molecule has 0 atom stereocenters. The van der Waals surface area contributed by atoms with E-state index >= 15 is 0 Å². The van der Waals surface area contributed by atoms with Gasteiger partial charge in [-0.2, -0.15) is 11.8 Å². The maximum atomic E-state index is 12.3. The maximum absolute atomic E-state index is 12.3. The molecule has 118 valence electrons. The number of aromatic carboxylic acids is 1. The molecule has 0 aromatic carbocycles. The molecule has 1 saturated carbocycles. The highest BCUT2D eigenvalue weighted by Crippen LogP contribution is 2.39. The van der Waals surface area contributed by atoms with E-state index < -0.39 is 16.0 Å². The molecule has 2 N–H and O–H groups in total. The summed E-state index contributed by atoms with van der Waals surface area (Å²) >= 11 is 1.69. The van der Waals surface area contributed by atoms with E-state index in [1.165, 1.54) is 6.92 Å². The molecular weight excluding hydrogens is 314 g/mol. The van der Waals surface area contributed by atoms with Gasteiger partial charge in [0.05, 0.1) is 0 Å². The topological polar surface area (TPSA) is 96.6 Å². The van der Waals surface area contributed by atoms with Crippen molar-refractivity contribution in [3.8, 4) is 0 Å². The number of carboxylic acids is 1. The number of carbonyl (C=O) groups is 1. The van der Waals surface area contributed by atoms with Crippen molar-refractivity contribution < 1.29 is 22.7 Å². The van der Waals surface area contributed by atoms with Crippen LogP contribution in [0.25, 0.3) is 0 Å². The minimum atomic E-state index is -3.76. The number of nitrogens with one attached hydrogen (secondary N) is 1. The molecular formula is C13H19NO5S2. The lowest BCUT2D eigenvalue weighted by atomic mass is 10.1. The van der Waals surface area contributed by atoms with E-state index in [9.17, 15) is 13.2 Å². The summed E-state index contributed by atoms with van der Waals surface area (Å²) in [5, 5.41) is 8.86. The van der Waals surface area contributed by atoms with Crippen LogP contribution in [0.2, 0.25) is 0 Å². The summed E-state index contributed by atoms with van der Waals surface area (Å²) in [5.41, 5.74) is 0. The third-order valence-electron chi connectivity index (χ3n) is 3.90. The Morgan fingerprint density at radius 2 is 2.10 bits per heavy atom. The zero-order chi connectivity index (χ0) is 15.7. The Hall–Kier alpha value is -0.990. The minimum absolute atomic E-state index is 0.0552. The van der Waals surface area contributed by atoms with E-state index in [1.807, 2.05) is 6.26 Å². The van der Waals surface area contributed by atoms with Gasteiger partial charge in [-0.3, -0.25) is 0 Å². The Morgan fingerprint density at radius 3 is 2.57 bits per heavy atom. The van der Waals surface area contributed by atoms with E-state index in [2.05, 4.69) is 4.72 Å². The fourth-order valence-electron chi connectivity index (χ4n) is 2.61. The monoisotopic (exact) mass is 333 g/mol. The van der Waals surface area contributed by atoms with Crippen LogP contribution >= 0.6 is 11.8 Å². The van der Waals surface area contributed by atoms with Gasteiger partial charge in [-0.05, 0) is 26.0 Å². The number of carboxylic acid groups (broad SMARTS) is 1. The molecule has 0 saturated heterocycles. The zero-order valence-electron chi connectivity index (χ0n) is 12.0. The third-order valence-corrected chi connectivity index (χ3v) is 6.83. The van der Waals surface area contributed by atoms with Crippen molar-refractivity contribution in [1.82, 2.24) is 4.72 Å². The van der Waals surface area contributed by atoms with Crippen LogP contribution in [0.15, 0.2) is 15.4 Å². The van der Waals surface area contributed by atoms with E-state index in [-0.39, 0.29) is 21.2 Å². The molecule has 0 amide bonds. The van der Waals surface area contributed by atoms with Crippen LogP contribution in [0.5, 0.6) is 0 Å². The van der Waals surface area contributed by atoms with Crippen LogP contribution in [0.4, 0.5) is 0 Å². The highest BCUT2D eigenvalue weighted by atomic mass is 32.2. The predicted molar refractivity (Wildman–Crippen MR) is 80.3 cm³/mol. The number of furan rings is 1. The normalized spacial score (nSPS) is 18.0. The Balaban J connectivity index is 2.17. The van der Waals surface area contributed by atoms with Gasteiger partial charge >= 0.3 is 5.97 Å². The van der Waals surface area contributed by atoms with Crippen LogP contribution in [-0.4, -0.2) is 37.0 Å². The molecule has 0 radical (unpaired) electrons. The van der Waals surface area contributed by atoms with Gasteiger partial charge in [0, 0.05) is 17.4 Å². The predicted octanol–water partition coefficient (Wildman–Crippen LogP) is 2.24. The maximum Gasteiger partial charge on any atom is 0.371 e. The van der Waals surface area contributed by atoms with Crippen molar-refractivity contribution in [1.29, 1.82) is 0 Å². The van der Waals surface area contributed by atoms with Gasteiger partial charge in [-0.15, -0.1) is 0 Å². The summed E-state index contributed by atoms with van der Waals surface area (Å²) in [4.78, 5) is 10.7. The first-order chi connectivity index (χ1) is 9.80. The molecule has 1 aliphatic rings. The van der Waals surface area contributed by atoms with Crippen molar-refractivity contribution in [3.05, 3.63) is 17.6 Å². The largest absolute Gasteiger partial charge is 0.475 e. The van der Waals surface area contributed by atoms with Crippen molar-refractivity contribution in [3.63, 3.8) is 0 Å². The van der Waals surface area contributed by atoms with Gasteiger partial charge in [0.2, 0.25) is 15.8 Å². The standard InChI is InChI=1S/C13H19NO5S2/c1-9-11(7-10(19-9)12(15)16)21(17,18)14-8-13(20-2)5-3-4-6-13/h7,14H,3-6,8H2,1-2H3,(H,15,16). The van der Waals surface area contributed by atoms with Gasteiger partial charge in [0.15, 0.2) is 0 Å². The number of hydrogen-bond acceptors (Lipinski definition) is 5. The van der Waals surface area contributed by atoms with E-state index in [4.69, 9.17) is 9.52 Å². The average Bonchev–Trinajstić information content (AvgIpc) is 3.04. The number of sulfonamides is 1. The smallest absolute Gasteiger partial charge is 0.371 e. The highest BCUT2D eigenvalue weighted by Gasteiger charge is 2.35. The van der Waals surface area contributed by atoms with Gasteiger partial charge in [-0.1, -0.05) is 12.8 Å². The summed E-state index contributed by atoms with van der Waals surface area (Å²) < 4.78 is 32.2. The molecule has 8 heteroatoms. The summed E-state index contributed by atoms with van der Waals surface area (Å²) in [5.74, 6) is -1.56. The number of hydrogen-bond donors (Lipinski definition) is 2. The van der Waals surface area contributed by atoms with Crippen molar-refractivity contribution in [2.45, 2.75) is 42.2 Å². The Labute approximate surface area is 128 Å². The van der Waals surface area contributed by atoms with Crippen LogP contribution in [-0.2, 0) is 10.0 Å². The summed E-state index contributed by atoms with van der Waals surface area (Å²) in [6, 6.07) is 1.06. The Kier molecular flexibility index (Phi) is 4.69. The highest BCUT2D eigenvalue weighted by molar-refractivity contribution is 8.00. The minimum Gasteiger partial charge on any atom is -0.475 e. The van der Waals surface area contributed by atoms with Gasteiger partial charge in [0.1, 0.15) is 10.7 Å². The molecule has 0 unspecified atom stereocenters. The van der Waals surface area contributed by atoms with Gasteiger partial charge < -0.3 is 9.52 Å². The second-order valence-electron chi connectivity index (χ2n) is 5.26. The summed E-state index contributed by atoms with van der Waals surface area (Å²) in [6.45, 7) is 1.80. The lowest BCUT2D eigenvalue weighted by Crippen LogP contribution is -2.38. The molecule has 1 heterocycles. The lowest BCUT2D eigenvalue weighted by molar-refractivity contribution is 0.0661. The molecule has 1 aromatic rings. The Bertz CT molecular complexity index is 629. The first kappa shape index (κ1) is 16.4. The lowest BCUT2D eigenvalue weighted by Gasteiger charge is -2.26. The third kappa shape index (κ3) is 3.44. The van der Waals surface area contributed by atoms with Crippen LogP contribution in [0.1, 0.15) is 42.0 Å².